The van der Waals surface area contributed by atoms with Crippen molar-refractivity contribution in [1.82, 2.24) is 14.5 Å². The molecule has 1 unspecified atom stereocenters. The van der Waals surface area contributed by atoms with E-state index in [4.69, 9.17) is 0 Å². The molecule has 3 aromatic rings. The highest BCUT2D eigenvalue weighted by molar-refractivity contribution is 7.99. The van der Waals surface area contributed by atoms with E-state index in [0.29, 0.717) is 36.1 Å². The number of aromatic nitrogens is 2. The maximum atomic E-state index is 13.5. The number of benzene rings is 2. The first-order valence-electron chi connectivity index (χ1n) is 10.2. The first-order valence-corrected chi connectivity index (χ1v) is 11.2. The van der Waals surface area contributed by atoms with Gasteiger partial charge < -0.3 is 4.90 Å². The molecule has 4 rings (SSSR count). The summed E-state index contributed by atoms with van der Waals surface area (Å²) in [5.41, 5.74) is 2.88. The van der Waals surface area contributed by atoms with E-state index in [1.165, 1.54) is 17.3 Å². The second kappa shape index (κ2) is 9.30. The van der Waals surface area contributed by atoms with Crippen molar-refractivity contribution in [2.45, 2.75) is 31.6 Å². The summed E-state index contributed by atoms with van der Waals surface area (Å²) < 4.78 is 1.66. The van der Waals surface area contributed by atoms with Crippen molar-refractivity contribution in [2.24, 2.45) is 5.92 Å². The van der Waals surface area contributed by atoms with Crippen LogP contribution in [0.4, 0.5) is 0 Å². The number of hydrogen-bond acceptors (Lipinski definition) is 4. The Kier molecular flexibility index (Phi) is 6.33. The lowest BCUT2D eigenvalue weighted by Crippen LogP contribution is -2.43. The quantitative estimate of drug-likeness (QED) is 0.574. The molecule has 1 atom stereocenters. The zero-order valence-electron chi connectivity index (χ0n) is 17.0. The number of carbonyl (C=O) groups excluding carboxylic acids is 1. The van der Waals surface area contributed by atoms with Gasteiger partial charge >= 0.3 is 0 Å². The van der Waals surface area contributed by atoms with Gasteiger partial charge in [-0.15, -0.1) is 0 Å². The summed E-state index contributed by atoms with van der Waals surface area (Å²) in [6, 6.07) is 20.3. The van der Waals surface area contributed by atoms with Crippen molar-refractivity contribution in [3.63, 3.8) is 0 Å². The third-order valence-electron chi connectivity index (χ3n) is 5.39. The Balaban J connectivity index is 1.54. The zero-order valence-corrected chi connectivity index (χ0v) is 17.8. The predicted molar refractivity (Wildman–Crippen MR) is 119 cm³/mol. The van der Waals surface area contributed by atoms with Crippen LogP contribution in [0.2, 0.25) is 0 Å². The number of carbonyl (C=O) groups is 1. The van der Waals surface area contributed by atoms with Crippen LogP contribution in [0.25, 0.3) is 0 Å². The van der Waals surface area contributed by atoms with E-state index in [0.717, 1.165) is 12.0 Å². The first kappa shape index (κ1) is 20.4. The van der Waals surface area contributed by atoms with Crippen LogP contribution in [0, 0.1) is 12.8 Å². The molecule has 1 aliphatic rings. The largest absolute Gasteiger partial charge is 0.338 e. The van der Waals surface area contributed by atoms with Gasteiger partial charge in [0.25, 0.3) is 5.56 Å². The number of rotatable bonds is 6. The smallest absolute Gasteiger partial charge is 0.257 e. The van der Waals surface area contributed by atoms with Crippen molar-refractivity contribution < 1.29 is 4.79 Å². The van der Waals surface area contributed by atoms with Gasteiger partial charge in [0, 0.05) is 37.1 Å². The molecule has 0 saturated carbocycles. The van der Waals surface area contributed by atoms with Crippen LogP contribution in [-0.2, 0) is 24.3 Å². The van der Waals surface area contributed by atoms with Gasteiger partial charge in [0.15, 0.2) is 5.16 Å². The lowest BCUT2D eigenvalue weighted by molar-refractivity contribution is -0.136. The number of nitrogens with zero attached hydrogens (tertiary/aromatic N) is 3. The van der Waals surface area contributed by atoms with E-state index in [1.54, 1.807) is 17.7 Å². The number of hydrogen-bond donors (Lipinski definition) is 0. The average Bonchev–Trinajstić information content (AvgIpc) is 2.80. The second-order valence-electron chi connectivity index (χ2n) is 7.63. The van der Waals surface area contributed by atoms with Crippen LogP contribution in [0.5, 0.6) is 0 Å². The minimum absolute atomic E-state index is 0.0519. The van der Waals surface area contributed by atoms with Crippen LogP contribution < -0.4 is 5.56 Å². The highest BCUT2D eigenvalue weighted by Gasteiger charge is 2.30. The summed E-state index contributed by atoms with van der Waals surface area (Å²) in [6.07, 6.45) is 2.42. The maximum absolute atomic E-state index is 13.5. The van der Waals surface area contributed by atoms with Crippen LogP contribution in [-0.4, -0.2) is 32.7 Å². The molecule has 2 heterocycles. The van der Waals surface area contributed by atoms with Gasteiger partial charge in [0.2, 0.25) is 5.91 Å². The van der Waals surface area contributed by atoms with Gasteiger partial charge in [0.05, 0.1) is 5.92 Å². The summed E-state index contributed by atoms with van der Waals surface area (Å²) >= 11 is 1.49. The molecule has 154 valence electrons. The Hall–Kier alpha value is -2.86. The Morgan fingerprint density at radius 1 is 1.10 bits per heavy atom. The minimum atomic E-state index is -0.233. The fourth-order valence-electron chi connectivity index (χ4n) is 3.69. The maximum Gasteiger partial charge on any atom is 0.257 e. The highest BCUT2D eigenvalue weighted by Crippen LogP contribution is 2.26. The van der Waals surface area contributed by atoms with Crippen molar-refractivity contribution in [3.05, 3.63) is 93.9 Å². The van der Waals surface area contributed by atoms with Crippen LogP contribution in [0.3, 0.4) is 0 Å². The molecule has 30 heavy (non-hydrogen) atoms. The Labute approximate surface area is 180 Å². The molecule has 5 nitrogen and oxygen atoms in total. The molecule has 6 heteroatoms. The van der Waals surface area contributed by atoms with Gasteiger partial charge in [-0.1, -0.05) is 72.4 Å². The normalized spacial score (nSPS) is 15.4. The number of aryl methyl sites for hydroxylation is 1. The zero-order chi connectivity index (χ0) is 20.9. The molecule has 0 radical (unpaired) electrons. The molecule has 0 saturated heterocycles. The molecule has 0 fully saturated rings. The number of amides is 1. The Bertz CT molecular complexity index is 1070. The summed E-state index contributed by atoms with van der Waals surface area (Å²) in [6.45, 7) is 3.37. The van der Waals surface area contributed by atoms with E-state index < -0.39 is 0 Å². The molecule has 0 spiro atoms. The summed E-state index contributed by atoms with van der Waals surface area (Å²) in [7, 11) is 0. The summed E-state index contributed by atoms with van der Waals surface area (Å²) in [5, 5.41) is 0.702. The lowest BCUT2D eigenvalue weighted by atomic mass is 10.1. The van der Waals surface area contributed by atoms with Crippen molar-refractivity contribution >= 4 is 17.7 Å². The highest BCUT2D eigenvalue weighted by atomic mass is 32.2. The molecule has 1 aromatic heterocycles. The molecule has 1 aliphatic heterocycles. The summed E-state index contributed by atoms with van der Waals surface area (Å²) in [4.78, 5) is 32.3. The van der Waals surface area contributed by atoms with Crippen molar-refractivity contribution in [2.75, 3.05) is 12.3 Å². The van der Waals surface area contributed by atoms with Crippen LogP contribution in [0.15, 0.2) is 76.8 Å². The molecule has 0 N–H and O–H groups in total. The Morgan fingerprint density at radius 3 is 2.47 bits per heavy atom. The third kappa shape index (κ3) is 4.65. The topological polar surface area (TPSA) is 55.2 Å². The van der Waals surface area contributed by atoms with Crippen LogP contribution in [0.1, 0.15) is 16.7 Å². The first-order chi connectivity index (χ1) is 14.6. The SMILES string of the molecule is Cc1cnc2n(c1=O)CC(C(=O)N(CCc1ccccc1)Cc1ccccc1)CS2. The monoisotopic (exact) mass is 419 g/mol. The van der Waals surface area contributed by atoms with E-state index in [9.17, 15) is 9.59 Å². The molecular weight excluding hydrogens is 394 g/mol. The van der Waals surface area contributed by atoms with Crippen molar-refractivity contribution in [3.8, 4) is 0 Å². The lowest BCUT2D eigenvalue weighted by Gasteiger charge is -2.30. The predicted octanol–water partition coefficient (Wildman–Crippen LogP) is 3.55. The van der Waals surface area contributed by atoms with E-state index >= 15 is 0 Å². The second-order valence-corrected chi connectivity index (χ2v) is 8.62. The fourth-order valence-corrected chi connectivity index (χ4v) is 4.73. The summed E-state index contributed by atoms with van der Waals surface area (Å²) in [5.74, 6) is 0.509. The van der Waals surface area contributed by atoms with Gasteiger partial charge in [-0.3, -0.25) is 14.2 Å². The van der Waals surface area contributed by atoms with Gasteiger partial charge in [-0.05, 0) is 24.5 Å². The van der Waals surface area contributed by atoms with Crippen LogP contribution >= 0.6 is 11.8 Å². The van der Waals surface area contributed by atoms with E-state index in [1.807, 2.05) is 53.4 Å². The number of fused-ring (bicyclic) bond motifs is 1. The van der Waals surface area contributed by atoms with Gasteiger partial charge in [-0.25, -0.2) is 4.98 Å². The van der Waals surface area contributed by atoms with Gasteiger partial charge in [-0.2, -0.15) is 0 Å². The Morgan fingerprint density at radius 2 is 1.77 bits per heavy atom. The number of thioether (sulfide) groups is 1. The third-order valence-corrected chi connectivity index (χ3v) is 6.54. The standard InChI is InChI=1S/C24H25N3O2S/c1-18-14-25-24-27(22(18)28)16-21(17-30-24)23(29)26(15-20-10-6-3-7-11-20)13-12-19-8-4-2-5-9-19/h2-11,14,21H,12-13,15-17H2,1H3. The molecule has 1 amide bonds. The van der Waals surface area contributed by atoms with Gasteiger partial charge in [0.1, 0.15) is 0 Å². The van der Waals surface area contributed by atoms with Crippen molar-refractivity contribution in [1.29, 1.82) is 0 Å². The van der Waals surface area contributed by atoms with E-state index in [2.05, 4.69) is 17.1 Å². The van der Waals surface area contributed by atoms with E-state index in [-0.39, 0.29) is 17.4 Å². The molecule has 2 aromatic carbocycles. The molecular formula is C24H25N3O2S. The molecule has 0 aliphatic carbocycles. The minimum Gasteiger partial charge on any atom is -0.338 e. The fraction of sp³-hybridized carbons (Fsp3) is 0.292. The average molecular weight is 420 g/mol. The molecule has 0 bridgehead atoms.